The first-order valence-electron chi connectivity index (χ1n) is 6.43. The van der Waals surface area contributed by atoms with Crippen LogP contribution in [0.1, 0.15) is 45.2 Å². The molecule has 0 aliphatic carbocycles. The van der Waals surface area contributed by atoms with Gasteiger partial charge in [-0.2, -0.15) is 5.10 Å². The summed E-state index contributed by atoms with van der Waals surface area (Å²) in [5.74, 6) is 0.341. The molecule has 0 saturated carbocycles. The summed E-state index contributed by atoms with van der Waals surface area (Å²) in [6.07, 6.45) is 3.62. The van der Waals surface area contributed by atoms with Crippen LogP contribution < -0.4 is 0 Å². The highest BCUT2D eigenvalue weighted by Crippen LogP contribution is 2.26. The first-order chi connectivity index (χ1) is 8.46. The zero-order chi connectivity index (χ0) is 13.2. The number of rotatable bonds is 1. The van der Waals surface area contributed by atoms with Gasteiger partial charge in [0, 0.05) is 30.9 Å². The van der Waals surface area contributed by atoms with Crippen molar-refractivity contribution in [2.45, 2.75) is 45.1 Å². The van der Waals surface area contributed by atoms with Crippen LogP contribution >= 0.6 is 0 Å². The van der Waals surface area contributed by atoms with Gasteiger partial charge in [-0.25, -0.2) is 4.79 Å². The molecular weight excluding hydrogens is 230 g/mol. The summed E-state index contributed by atoms with van der Waals surface area (Å²) in [4.78, 5) is 13.8. The van der Waals surface area contributed by atoms with Crippen molar-refractivity contribution in [3.63, 3.8) is 0 Å². The molecule has 18 heavy (non-hydrogen) atoms. The number of piperidine rings is 1. The number of nitrogens with zero attached hydrogens (tertiary/aromatic N) is 2. The highest BCUT2D eigenvalue weighted by atomic mass is 16.6. The third-order valence-corrected chi connectivity index (χ3v) is 3.04. The van der Waals surface area contributed by atoms with Crippen molar-refractivity contribution in [2.75, 3.05) is 13.1 Å². The van der Waals surface area contributed by atoms with E-state index < -0.39 is 5.60 Å². The van der Waals surface area contributed by atoms with Crippen LogP contribution in [0.15, 0.2) is 12.3 Å². The lowest BCUT2D eigenvalue weighted by molar-refractivity contribution is 0.0197. The normalized spacial score (nSPS) is 20.8. The van der Waals surface area contributed by atoms with E-state index in [1.807, 2.05) is 26.8 Å². The van der Waals surface area contributed by atoms with Gasteiger partial charge in [0.05, 0.1) is 0 Å². The largest absolute Gasteiger partial charge is 0.444 e. The Labute approximate surface area is 108 Å². The smallest absolute Gasteiger partial charge is 0.410 e. The van der Waals surface area contributed by atoms with Gasteiger partial charge in [0.25, 0.3) is 0 Å². The fraction of sp³-hybridized carbons (Fsp3) is 0.692. The third-order valence-electron chi connectivity index (χ3n) is 3.04. The van der Waals surface area contributed by atoms with Gasteiger partial charge in [-0.05, 0) is 39.7 Å². The van der Waals surface area contributed by atoms with Crippen molar-refractivity contribution >= 4 is 6.09 Å². The molecule has 1 N–H and O–H groups in total. The van der Waals surface area contributed by atoms with Crippen molar-refractivity contribution in [3.8, 4) is 0 Å². The molecule has 1 aromatic heterocycles. The van der Waals surface area contributed by atoms with Gasteiger partial charge in [-0.1, -0.05) is 0 Å². The summed E-state index contributed by atoms with van der Waals surface area (Å²) < 4.78 is 5.40. The molecule has 0 bridgehead atoms. The third kappa shape index (κ3) is 3.24. The van der Waals surface area contributed by atoms with Crippen molar-refractivity contribution in [2.24, 2.45) is 0 Å². The van der Waals surface area contributed by atoms with Gasteiger partial charge in [-0.3, -0.25) is 5.10 Å². The van der Waals surface area contributed by atoms with E-state index in [0.717, 1.165) is 25.1 Å². The van der Waals surface area contributed by atoms with Crippen molar-refractivity contribution < 1.29 is 9.53 Å². The minimum absolute atomic E-state index is 0.216. The standard InChI is InChI=1S/C13H21N3O2/c1-13(2,3)18-12(17)16-8-4-5-10(9-16)11-6-7-14-15-11/h6-7,10H,4-5,8-9H2,1-3H3,(H,14,15)/t10-/m1/s1. The van der Waals surface area contributed by atoms with Crippen LogP contribution in [0, 0.1) is 0 Å². The molecule has 100 valence electrons. The molecule has 5 heteroatoms. The van der Waals surface area contributed by atoms with E-state index in [9.17, 15) is 4.79 Å². The maximum atomic E-state index is 12.0. The van der Waals surface area contributed by atoms with Gasteiger partial charge in [0.15, 0.2) is 0 Å². The second-order valence-electron chi connectivity index (χ2n) is 5.78. The quantitative estimate of drug-likeness (QED) is 0.834. The van der Waals surface area contributed by atoms with E-state index in [0.29, 0.717) is 12.5 Å². The predicted octanol–water partition coefficient (Wildman–Crippen LogP) is 2.52. The average Bonchev–Trinajstić information content (AvgIpc) is 2.80. The number of amides is 1. The number of likely N-dealkylation sites (tertiary alicyclic amines) is 1. The summed E-state index contributed by atoms with van der Waals surface area (Å²) in [7, 11) is 0. The summed E-state index contributed by atoms with van der Waals surface area (Å²) in [6.45, 7) is 7.15. The Kier molecular flexibility index (Phi) is 3.59. The molecule has 1 aliphatic heterocycles. The Hall–Kier alpha value is -1.52. The van der Waals surface area contributed by atoms with E-state index in [2.05, 4.69) is 10.2 Å². The Balaban J connectivity index is 1.96. The summed E-state index contributed by atoms with van der Waals surface area (Å²) in [5.41, 5.74) is 0.668. The van der Waals surface area contributed by atoms with E-state index in [1.54, 1.807) is 11.1 Å². The number of aromatic nitrogens is 2. The molecule has 0 unspecified atom stereocenters. The van der Waals surface area contributed by atoms with Crippen LogP contribution in [-0.2, 0) is 4.74 Å². The van der Waals surface area contributed by atoms with Crippen molar-refractivity contribution in [1.82, 2.24) is 15.1 Å². The van der Waals surface area contributed by atoms with E-state index in [-0.39, 0.29) is 6.09 Å². The highest BCUT2D eigenvalue weighted by Gasteiger charge is 2.28. The lowest BCUT2D eigenvalue weighted by atomic mass is 9.95. The fourth-order valence-corrected chi connectivity index (χ4v) is 2.22. The second-order valence-corrected chi connectivity index (χ2v) is 5.78. The second kappa shape index (κ2) is 5.00. The Morgan fingerprint density at radius 3 is 2.94 bits per heavy atom. The molecule has 0 aromatic carbocycles. The van der Waals surface area contributed by atoms with Crippen LogP contribution in [-0.4, -0.2) is 39.9 Å². The number of ether oxygens (including phenoxy) is 1. The Bertz CT molecular complexity index is 395. The molecule has 5 nitrogen and oxygen atoms in total. The number of hydrogen-bond acceptors (Lipinski definition) is 3. The first-order valence-corrected chi connectivity index (χ1v) is 6.43. The highest BCUT2D eigenvalue weighted by molar-refractivity contribution is 5.68. The molecular formula is C13H21N3O2. The molecule has 2 heterocycles. The number of hydrogen-bond donors (Lipinski definition) is 1. The zero-order valence-electron chi connectivity index (χ0n) is 11.3. The number of aromatic amines is 1. The van der Waals surface area contributed by atoms with Gasteiger partial charge in [0.2, 0.25) is 0 Å². The molecule has 1 saturated heterocycles. The average molecular weight is 251 g/mol. The molecule has 1 amide bonds. The maximum absolute atomic E-state index is 12.0. The fourth-order valence-electron chi connectivity index (χ4n) is 2.22. The minimum Gasteiger partial charge on any atom is -0.444 e. The molecule has 2 rings (SSSR count). The summed E-state index contributed by atoms with van der Waals surface area (Å²) in [6, 6.07) is 1.98. The van der Waals surface area contributed by atoms with Crippen LogP contribution in [0.2, 0.25) is 0 Å². The molecule has 0 radical (unpaired) electrons. The van der Waals surface area contributed by atoms with Crippen LogP contribution in [0.25, 0.3) is 0 Å². The molecule has 1 atom stereocenters. The first kappa shape index (κ1) is 12.9. The van der Waals surface area contributed by atoms with Crippen molar-refractivity contribution in [3.05, 3.63) is 18.0 Å². The topological polar surface area (TPSA) is 58.2 Å². The predicted molar refractivity (Wildman–Crippen MR) is 68.4 cm³/mol. The maximum Gasteiger partial charge on any atom is 0.410 e. The van der Waals surface area contributed by atoms with E-state index in [1.165, 1.54) is 0 Å². The van der Waals surface area contributed by atoms with E-state index in [4.69, 9.17) is 4.74 Å². The molecule has 1 aromatic rings. The van der Waals surface area contributed by atoms with Gasteiger partial charge in [-0.15, -0.1) is 0 Å². The lowest BCUT2D eigenvalue weighted by Gasteiger charge is -2.33. The summed E-state index contributed by atoms with van der Waals surface area (Å²) in [5, 5.41) is 6.95. The lowest BCUT2D eigenvalue weighted by Crippen LogP contribution is -2.42. The Morgan fingerprint density at radius 2 is 2.33 bits per heavy atom. The molecule has 0 spiro atoms. The van der Waals surface area contributed by atoms with Crippen LogP contribution in [0.5, 0.6) is 0 Å². The van der Waals surface area contributed by atoms with E-state index >= 15 is 0 Å². The minimum atomic E-state index is -0.433. The van der Waals surface area contributed by atoms with Gasteiger partial charge >= 0.3 is 6.09 Å². The monoisotopic (exact) mass is 251 g/mol. The zero-order valence-corrected chi connectivity index (χ0v) is 11.3. The SMILES string of the molecule is CC(C)(C)OC(=O)N1CCC[C@@H](c2ccn[nH]2)C1. The number of H-pyrrole nitrogens is 1. The van der Waals surface area contributed by atoms with Crippen LogP contribution in [0.3, 0.4) is 0 Å². The van der Waals surface area contributed by atoms with Crippen LogP contribution in [0.4, 0.5) is 4.79 Å². The van der Waals surface area contributed by atoms with Gasteiger partial charge < -0.3 is 9.64 Å². The van der Waals surface area contributed by atoms with Crippen molar-refractivity contribution in [1.29, 1.82) is 0 Å². The Morgan fingerprint density at radius 1 is 1.56 bits per heavy atom. The molecule has 1 fully saturated rings. The number of carbonyl (C=O) groups excluding carboxylic acids is 1. The molecule has 1 aliphatic rings. The number of carbonyl (C=O) groups is 1. The van der Waals surface area contributed by atoms with Gasteiger partial charge in [0.1, 0.15) is 5.60 Å². The summed E-state index contributed by atoms with van der Waals surface area (Å²) >= 11 is 0. The number of nitrogens with one attached hydrogen (secondary N) is 1.